The van der Waals surface area contributed by atoms with E-state index in [9.17, 15) is 0 Å². The topological polar surface area (TPSA) is 60.3 Å². The van der Waals surface area contributed by atoms with Gasteiger partial charge in [0.25, 0.3) is 0 Å². The lowest BCUT2D eigenvalue weighted by atomic mass is 10.1. The number of hydrogen-bond donors (Lipinski definition) is 2. The maximum Gasteiger partial charge on any atom is 0.172 e. The molecule has 2 aromatic carbocycles. The lowest BCUT2D eigenvalue weighted by Gasteiger charge is -2.11. The Balaban J connectivity index is 1.51. The van der Waals surface area contributed by atoms with Gasteiger partial charge >= 0.3 is 0 Å². The van der Waals surface area contributed by atoms with Gasteiger partial charge in [-0.05, 0) is 70.0 Å². The Morgan fingerprint density at radius 2 is 1.80 bits per heavy atom. The molecule has 0 aliphatic rings. The molecule has 3 rings (SSSR count). The third-order valence-corrected chi connectivity index (χ3v) is 5.43. The van der Waals surface area contributed by atoms with Gasteiger partial charge in [-0.25, -0.2) is 0 Å². The Morgan fingerprint density at radius 3 is 2.50 bits per heavy atom. The largest absolute Gasteiger partial charge is 0.493 e. The summed E-state index contributed by atoms with van der Waals surface area (Å²) in [6, 6.07) is 13.6. The number of aromatic nitrogens is 2. The van der Waals surface area contributed by atoms with Crippen molar-refractivity contribution in [2.75, 3.05) is 26.1 Å². The number of methoxy groups -OCH3 is 2. The van der Waals surface area contributed by atoms with E-state index in [1.165, 1.54) is 0 Å². The molecule has 158 valence electrons. The van der Waals surface area contributed by atoms with Crippen LogP contribution in [-0.4, -0.2) is 35.7 Å². The highest BCUT2D eigenvalue weighted by Crippen LogP contribution is 2.27. The van der Waals surface area contributed by atoms with E-state index in [2.05, 4.69) is 31.7 Å². The Kier molecular flexibility index (Phi) is 7.95. The number of nitrogens with one attached hydrogen (secondary N) is 2. The standard InChI is InChI=1S/C21H22BrClN4O2S/c1-28-18-8-5-14(11-19(18)29-2)9-10-24-21(30)25-20-17(22)13-27(26-20)12-15-3-6-16(23)7-4-15/h3-8,11,13H,9-10,12H2,1-2H3,(H2,24,25,26,30). The van der Waals surface area contributed by atoms with Gasteiger partial charge in [-0.2, -0.15) is 5.10 Å². The summed E-state index contributed by atoms with van der Waals surface area (Å²) in [5, 5.41) is 12.1. The van der Waals surface area contributed by atoms with Gasteiger partial charge in [0, 0.05) is 17.8 Å². The lowest BCUT2D eigenvalue weighted by molar-refractivity contribution is 0.354. The summed E-state index contributed by atoms with van der Waals surface area (Å²) < 4.78 is 13.3. The van der Waals surface area contributed by atoms with E-state index in [1.54, 1.807) is 14.2 Å². The first kappa shape index (κ1) is 22.4. The maximum atomic E-state index is 5.94. The van der Waals surface area contributed by atoms with Crippen molar-refractivity contribution in [3.63, 3.8) is 0 Å². The zero-order valence-corrected chi connectivity index (χ0v) is 19.8. The van der Waals surface area contributed by atoms with Crippen molar-refractivity contribution in [1.82, 2.24) is 15.1 Å². The molecular formula is C21H22BrClN4O2S. The van der Waals surface area contributed by atoms with Gasteiger partial charge in [0.1, 0.15) is 0 Å². The number of hydrogen-bond acceptors (Lipinski definition) is 4. The SMILES string of the molecule is COc1ccc(CCNC(=S)Nc2nn(Cc3ccc(Cl)cc3)cc2Br)cc1OC. The Bertz CT molecular complexity index is 1010. The number of anilines is 1. The summed E-state index contributed by atoms with van der Waals surface area (Å²) in [5.74, 6) is 2.09. The first-order valence-electron chi connectivity index (χ1n) is 9.21. The van der Waals surface area contributed by atoms with Crippen LogP contribution >= 0.6 is 39.7 Å². The van der Waals surface area contributed by atoms with Crippen LogP contribution in [0.4, 0.5) is 5.82 Å². The van der Waals surface area contributed by atoms with Crippen molar-refractivity contribution in [2.24, 2.45) is 0 Å². The average molecular weight is 510 g/mol. The van der Waals surface area contributed by atoms with E-state index in [4.69, 9.17) is 33.3 Å². The molecule has 0 radical (unpaired) electrons. The van der Waals surface area contributed by atoms with Gasteiger partial charge in [0.15, 0.2) is 22.4 Å². The minimum Gasteiger partial charge on any atom is -0.493 e. The molecule has 9 heteroatoms. The molecule has 0 bridgehead atoms. The second kappa shape index (κ2) is 10.7. The summed E-state index contributed by atoms with van der Waals surface area (Å²) in [6.45, 7) is 1.31. The fourth-order valence-electron chi connectivity index (χ4n) is 2.85. The van der Waals surface area contributed by atoms with Gasteiger partial charge in [-0.3, -0.25) is 4.68 Å². The van der Waals surface area contributed by atoms with Crippen LogP contribution in [0, 0.1) is 0 Å². The van der Waals surface area contributed by atoms with Gasteiger partial charge in [-0.1, -0.05) is 29.8 Å². The van der Waals surface area contributed by atoms with E-state index in [-0.39, 0.29) is 0 Å². The number of ether oxygens (including phenoxy) is 2. The zero-order valence-electron chi connectivity index (χ0n) is 16.6. The molecule has 0 unspecified atom stereocenters. The smallest absolute Gasteiger partial charge is 0.172 e. The number of nitrogens with zero attached hydrogens (tertiary/aromatic N) is 2. The Hall–Kier alpha value is -2.29. The van der Waals surface area contributed by atoms with Crippen LogP contribution in [-0.2, 0) is 13.0 Å². The number of rotatable bonds is 8. The number of benzene rings is 2. The van der Waals surface area contributed by atoms with Crippen LogP contribution in [0.2, 0.25) is 5.02 Å². The minimum atomic E-state index is 0.507. The molecule has 0 aliphatic carbocycles. The predicted molar refractivity (Wildman–Crippen MR) is 128 cm³/mol. The average Bonchev–Trinajstić information content (AvgIpc) is 3.08. The van der Waals surface area contributed by atoms with Crippen LogP contribution in [0.5, 0.6) is 11.5 Å². The van der Waals surface area contributed by atoms with Crippen LogP contribution < -0.4 is 20.1 Å². The molecule has 0 amide bonds. The molecule has 1 aromatic heterocycles. The van der Waals surface area contributed by atoms with Crippen molar-refractivity contribution in [1.29, 1.82) is 0 Å². The Labute approximate surface area is 194 Å². The molecule has 3 aromatic rings. The van der Waals surface area contributed by atoms with Gasteiger partial charge in [-0.15, -0.1) is 0 Å². The fourth-order valence-corrected chi connectivity index (χ4v) is 3.59. The molecule has 6 nitrogen and oxygen atoms in total. The van der Waals surface area contributed by atoms with E-state index in [1.807, 2.05) is 53.3 Å². The number of thiocarbonyl (C=S) groups is 1. The quantitative estimate of drug-likeness (QED) is 0.422. The summed E-state index contributed by atoms with van der Waals surface area (Å²) in [6.07, 6.45) is 2.69. The summed E-state index contributed by atoms with van der Waals surface area (Å²) in [4.78, 5) is 0. The first-order valence-corrected chi connectivity index (χ1v) is 10.8. The van der Waals surface area contributed by atoms with E-state index in [0.29, 0.717) is 40.5 Å². The van der Waals surface area contributed by atoms with Crippen molar-refractivity contribution < 1.29 is 9.47 Å². The lowest BCUT2D eigenvalue weighted by Crippen LogP contribution is -2.30. The third-order valence-electron chi connectivity index (χ3n) is 4.35. The Morgan fingerprint density at radius 1 is 1.10 bits per heavy atom. The van der Waals surface area contributed by atoms with Crippen LogP contribution in [0.25, 0.3) is 0 Å². The molecular weight excluding hydrogens is 488 g/mol. The van der Waals surface area contributed by atoms with Crippen molar-refractivity contribution >= 4 is 50.7 Å². The van der Waals surface area contributed by atoms with E-state index in [0.717, 1.165) is 22.0 Å². The molecule has 1 heterocycles. The van der Waals surface area contributed by atoms with Gasteiger partial charge < -0.3 is 20.1 Å². The van der Waals surface area contributed by atoms with Crippen molar-refractivity contribution in [2.45, 2.75) is 13.0 Å². The highest BCUT2D eigenvalue weighted by molar-refractivity contribution is 9.10. The predicted octanol–water partition coefficient (Wildman–Crippen LogP) is 4.89. The van der Waals surface area contributed by atoms with Crippen LogP contribution in [0.15, 0.2) is 53.1 Å². The zero-order chi connectivity index (χ0) is 21.5. The van der Waals surface area contributed by atoms with Crippen LogP contribution in [0.3, 0.4) is 0 Å². The second-order valence-corrected chi connectivity index (χ2v) is 8.17. The van der Waals surface area contributed by atoms with E-state index < -0.39 is 0 Å². The van der Waals surface area contributed by atoms with Crippen molar-refractivity contribution in [3.8, 4) is 11.5 Å². The van der Waals surface area contributed by atoms with Gasteiger partial charge in [0.2, 0.25) is 0 Å². The monoisotopic (exact) mass is 508 g/mol. The molecule has 0 saturated heterocycles. The number of halogens is 2. The summed E-state index contributed by atoms with van der Waals surface area (Å²) >= 11 is 14.9. The van der Waals surface area contributed by atoms with Gasteiger partial charge in [0.05, 0.1) is 25.2 Å². The molecule has 0 fully saturated rings. The highest BCUT2D eigenvalue weighted by Gasteiger charge is 2.09. The van der Waals surface area contributed by atoms with Crippen molar-refractivity contribution in [3.05, 3.63) is 69.3 Å². The fraction of sp³-hybridized carbons (Fsp3) is 0.238. The summed E-state index contributed by atoms with van der Waals surface area (Å²) in [5.41, 5.74) is 2.23. The van der Waals surface area contributed by atoms with E-state index >= 15 is 0 Å². The molecule has 0 saturated carbocycles. The second-order valence-electron chi connectivity index (χ2n) is 6.47. The minimum absolute atomic E-state index is 0.507. The molecule has 2 N–H and O–H groups in total. The molecule has 0 aliphatic heterocycles. The highest BCUT2D eigenvalue weighted by atomic mass is 79.9. The molecule has 0 atom stereocenters. The molecule has 0 spiro atoms. The summed E-state index contributed by atoms with van der Waals surface area (Å²) in [7, 11) is 3.25. The van der Waals surface area contributed by atoms with Crippen LogP contribution in [0.1, 0.15) is 11.1 Å². The third kappa shape index (κ3) is 6.10. The molecule has 30 heavy (non-hydrogen) atoms. The maximum absolute atomic E-state index is 5.94. The first-order chi connectivity index (χ1) is 14.5. The normalized spacial score (nSPS) is 10.5.